The molecular formula is C13H25NO2. The van der Waals surface area contributed by atoms with Crippen molar-refractivity contribution < 1.29 is 9.47 Å². The van der Waals surface area contributed by atoms with Gasteiger partial charge in [0.2, 0.25) is 0 Å². The summed E-state index contributed by atoms with van der Waals surface area (Å²) >= 11 is 0. The Kier molecular flexibility index (Phi) is 3.88. The van der Waals surface area contributed by atoms with Crippen molar-refractivity contribution in [2.24, 2.45) is 17.1 Å². The predicted octanol–water partition coefficient (Wildman–Crippen LogP) is 1.95. The van der Waals surface area contributed by atoms with Crippen LogP contribution in [0.4, 0.5) is 0 Å². The zero-order chi connectivity index (χ0) is 11.6. The van der Waals surface area contributed by atoms with Gasteiger partial charge in [0.1, 0.15) is 0 Å². The van der Waals surface area contributed by atoms with Gasteiger partial charge in [-0.05, 0) is 25.7 Å². The van der Waals surface area contributed by atoms with Crippen LogP contribution in [0.1, 0.15) is 39.5 Å². The van der Waals surface area contributed by atoms with E-state index in [0.29, 0.717) is 18.1 Å². The molecular weight excluding hydrogens is 202 g/mol. The Morgan fingerprint density at radius 1 is 1.38 bits per heavy atom. The molecule has 1 heterocycles. The molecule has 0 aromatic carbocycles. The van der Waals surface area contributed by atoms with Gasteiger partial charge in [0.15, 0.2) is 0 Å². The fraction of sp³-hybridized carbons (Fsp3) is 1.00. The molecule has 0 bridgehead atoms. The summed E-state index contributed by atoms with van der Waals surface area (Å²) in [6.07, 6.45) is 4.85. The fourth-order valence-electron chi connectivity index (χ4n) is 3.21. The normalized spacial score (nSPS) is 37.3. The summed E-state index contributed by atoms with van der Waals surface area (Å²) in [5.74, 6) is 0.614. The van der Waals surface area contributed by atoms with Crippen LogP contribution in [0.2, 0.25) is 0 Å². The van der Waals surface area contributed by atoms with E-state index in [-0.39, 0.29) is 5.41 Å². The van der Waals surface area contributed by atoms with Gasteiger partial charge < -0.3 is 15.2 Å². The van der Waals surface area contributed by atoms with E-state index in [1.165, 1.54) is 0 Å². The quantitative estimate of drug-likeness (QED) is 0.780. The molecule has 94 valence electrons. The van der Waals surface area contributed by atoms with Crippen molar-refractivity contribution in [3.8, 4) is 0 Å². The zero-order valence-corrected chi connectivity index (χ0v) is 10.6. The number of rotatable bonds is 5. The van der Waals surface area contributed by atoms with Crippen LogP contribution in [-0.4, -0.2) is 32.0 Å². The highest BCUT2D eigenvalue weighted by atomic mass is 16.5. The lowest BCUT2D eigenvalue weighted by Gasteiger charge is -2.54. The molecule has 0 radical (unpaired) electrons. The molecule has 2 aliphatic rings. The van der Waals surface area contributed by atoms with E-state index in [4.69, 9.17) is 15.2 Å². The minimum Gasteiger partial charge on any atom is -0.381 e. The number of hydrogen-bond acceptors (Lipinski definition) is 3. The highest BCUT2D eigenvalue weighted by molar-refractivity contribution is 5.05. The molecule has 3 atom stereocenters. The fourth-order valence-corrected chi connectivity index (χ4v) is 3.21. The van der Waals surface area contributed by atoms with Gasteiger partial charge >= 0.3 is 0 Å². The second-order valence-corrected chi connectivity index (χ2v) is 5.33. The van der Waals surface area contributed by atoms with E-state index in [2.05, 4.69) is 13.8 Å². The second kappa shape index (κ2) is 5.03. The SMILES string of the molecule is CCC1(CC)C(N)CC1OCC1CCOC1. The molecule has 2 rings (SSSR count). The van der Waals surface area contributed by atoms with E-state index in [0.717, 1.165) is 45.5 Å². The molecule has 1 aliphatic carbocycles. The Balaban J connectivity index is 1.81. The third-order valence-corrected chi connectivity index (χ3v) is 4.72. The lowest BCUT2D eigenvalue weighted by Crippen LogP contribution is -2.61. The van der Waals surface area contributed by atoms with E-state index in [1.54, 1.807) is 0 Å². The van der Waals surface area contributed by atoms with Crippen molar-refractivity contribution in [2.75, 3.05) is 19.8 Å². The van der Waals surface area contributed by atoms with Crippen LogP contribution in [-0.2, 0) is 9.47 Å². The van der Waals surface area contributed by atoms with Crippen molar-refractivity contribution in [2.45, 2.75) is 51.7 Å². The van der Waals surface area contributed by atoms with E-state index in [9.17, 15) is 0 Å². The van der Waals surface area contributed by atoms with Gasteiger partial charge in [-0.15, -0.1) is 0 Å². The summed E-state index contributed by atoms with van der Waals surface area (Å²) in [7, 11) is 0. The maximum atomic E-state index is 6.15. The van der Waals surface area contributed by atoms with Gasteiger partial charge in [-0.1, -0.05) is 13.8 Å². The van der Waals surface area contributed by atoms with Crippen LogP contribution in [0.25, 0.3) is 0 Å². The third kappa shape index (κ3) is 2.01. The lowest BCUT2D eigenvalue weighted by atomic mass is 9.59. The number of nitrogens with two attached hydrogens (primary N) is 1. The first-order valence-electron chi connectivity index (χ1n) is 6.67. The van der Waals surface area contributed by atoms with Gasteiger partial charge in [-0.2, -0.15) is 0 Å². The first-order valence-corrected chi connectivity index (χ1v) is 6.67. The smallest absolute Gasteiger partial charge is 0.0661 e. The van der Waals surface area contributed by atoms with E-state index in [1.807, 2.05) is 0 Å². The molecule has 3 unspecified atom stereocenters. The van der Waals surface area contributed by atoms with Crippen molar-refractivity contribution >= 4 is 0 Å². The van der Waals surface area contributed by atoms with Crippen LogP contribution in [0, 0.1) is 11.3 Å². The maximum Gasteiger partial charge on any atom is 0.0661 e. The summed E-state index contributed by atoms with van der Waals surface area (Å²) in [5.41, 5.74) is 6.40. The highest BCUT2D eigenvalue weighted by Gasteiger charge is 2.51. The Hall–Kier alpha value is -0.120. The average molecular weight is 227 g/mol. The van der Waals surface area contributed by atoms with Crippen LogP contribution in [0.3, 0.4) is 0 Å². The monoisotopic (exact) mass is 227 g/mol. The number of ether oxygens (including phenoxy) is 2. The molecule has 0 aromatic heterocycles. The molecule has 1 aliphatic heterocycles. The van der Waals surface area contributed by atoms with Gasteiger partial charge in [0, 0.05) is 24.0 Å². The van der Waals surface area contributed by atoms with Crippen LogP contribution >= 0.6 is 0 Å². The average Bonchev–Trinajstić information content (AvgIpc) is 2.78. The van der Waals surface area contributed by atoms with Gasteiger partial charge in [0.25, 0.3) is 0 Å². The van der Waals surface area contributed by atoms with Gasteiger partial charge in [0.05, 0.1) is 19.3 Å². The topological polar surface area (TPSA) is 44.5 Å². The molecule has 0 amide bonds. The molecule has 0 aromatic rings. The van der Waals surface area contributed by atoms with E-state index >= 15 is 0 Å². The zero-order valence-electron chi connectivity index (χ0n) is 10.6. The first kappa shape index (κ1) is 12.3. The van der Waals surface area contributed by atoms with Crippen molar-refractivity contribution in [1.82, 2.24) is 0 Å². The van der Waals surface area contributed by atoms with Crippen LogP contribution in [0.15, 0.2) is 0 Å². The summed E-state index contributed by atoms with van der Waals surface area (Å²) < 4.78 is 11.4. The minimum atomic E-state index is 0.249. The predicted molar refractivity (Wildman–Crippen MR) is 64.3 cm³/mol. The third-order valence-electron chi connectivity index (χ3n) is 4.72. The van der Waals surface area contributed by atoms with Gasteiger partial charge in [-0.3, -0.25) is 0 Å². The Morgan fingerprint density at radius 3 is 2.62 bits per heavy atom. The summed E-state index contributed by atoms with van der Waals surface area (Å²) in [4.78, 5) is 0. The molecule has 0 spiro atoms. The molecule has 2 fully saturated rings. The first-order chi connectivity index (χ1) is 7.73. The molecule has 1 saturated heterocycles. The Morgan fingerprint density at radius 2 is 2.12 bits per heavy atom. The second-order valence-electron chi connectivity index (χ2n) is 5.33. The van der Waals surface area contributed by atoms with Crippen LogP contribution < -0.4 is 5.73 Å². The van der Waals surface area contributed by atoms with E-state index < -0.39 is 0 Å². The summed E-state index contributed by atoms with van der Waals surface area (Å²) in [5, 5.41) is 0. The molecule has 3 heteroatoms. The minimum absolute atomic E-state index is 0.249. The molecule has 2 N–H and O–H groups in total. The van der Waals surface area contributed by atoms with Crippen molar-refractivity contribution in [3.63, 3.8) is 0 Å². The molecule has 16 heavy (non-hydrogen) atoms. The highest BCUT2D eigenvalue weighted by Crippen LogP contribution is 2.47. The van der Waals surface area contributed by atoms with Crippen molar-refractivity contribution in [3.05, 3.63) is 0 Å². The van der Waals surface area contributed by atoms with Crippen LogP contribution in [0.5, 0.6) is 0 Å². The Labute approximate surface area is 98.7 Å². The largest absolute Gasteiger partial charge is 0.381 e. The molecule has 3 nitrogen and oxygen atoms in total. The van der Waals surface area contributed by atoms with Crippen molar-refractivity contribution in [1.29, 1.82) is 0 Å². The number of hydrogen-bond donors (Lipinski definition) is 1. The van der Waals surface area contributed by atoms with Gasteiger partial charge in [-0.25, -0.2) is 0 Å². The summed E-state index contributed by atoms with van der Waals surface area (Å²) in [6.45, 7) is 7.11. The standard InChI is InChI=1S/C13H25NO2/c1-3-13(4-2)11(14)7-12(13)16-9-10-5-6-15-8-10/h10-12H,3-9,14H2,1-2H3. The molecule has 1 saturated carbocycles. The summed E-state index contributed by atoms with van der Waals surface area (Å²) in [6, 6.07) is 0.340. The maximum absolute atomic E-state index is 6.15. The Bertz CT molecular complexity index is 222. The lowest BCUT2D eigenvalue weighted by molar-refractivity contribution is -0.138.